The molecule has 1 aliphatic carbocycles. The highest BCUT2D eigenvalue weighted by Crippen LogP contribution is 2.30. The highest BCUT2D eigenvalue weighted by atomic mass is 16.6. The topological polar surface area (TPSA) is 119 Å². The number of rotatable bonds is 5. The van der Waals surface area contributed by atoms with E-state index in [0.717, 1.165) is 19.3 Å². The van der Waals surface area contributed by atoms with E-state index in [0.29, 0.717) is 12.8 Å². The normalized spacial score (nSPS) is 16.4. The highest BCUT2D eigenvalue weighted by molar-refractivity contribution is 5.98. The molecule has 1 fully saturated rings. The average Bonchev–Trinajstić information content (AvgIpc) is 2.54. The van der Waals surface area contributed by atoms with Gasteiger partial charge in [-0.2, -0.15) is 0 Å². The van der Waals surface area contributed by atoms with Crippen molar-refractivity contribution in [2.24, 2.45) is 0 Å². The number of carbonyl (C=O) groups excluding carboxylic acids is 1. The van der Waals surface area contributed by atoms with Crippen LogP contribution in [0, 0.1) is 10.1 Å². The van der Waals surface area contributed by atoms with Gasteiger partial charge in [-0.3, -0.25) is 14.9 Å². The molecule has 0 unspecified atom stereocenters. The lowest BCUT2D eigenvalue weighted by atomic mass is 9.81. The van der Waals surface area contributed by atoms with Gasteiger partial charge in [0, 0.05) is 17.7 Å². The fraction of sp³-hybridized carbons (Fsp3) is 0.467. The van der Waals surface area contributed by atoms with E-state index in [1.54, 1.807) is 0 Å². The highest BCUT2D eigenvalue weighted by Gasteiger charge is 2.41. The van der Waals surface area contributed by atoms with E-state index in [9.17, 15) is 24.8 Å². The van der Waals surface area contributed by atoms with E-state index in [4.69, 9.17) is 4.74 Å². The monoisotopic (exact) mass is 322 g/mol. The Morgan fingerprint density at radius 2 is 1.96 bits per heavy atom. The summed E-state index contributed by atoms with van der Waals surface area (Å²) in [6, 6.07) is 3.70. The molecule has 1 aromatic carbocycles. The lowest BCUT2D eigenvalue weighted by molar-refractivity contribution is -0.385. The number of amides is 1. The Morgan fingerprint density at radius 1 is 1.30 bits per heavy atom. The fourth-order valence-electron chi connectivity index (χ4n) is 2.81. The van der Waals surface area contributed by atoms with Crippen LogP contribution in [-0.4, -0.2) is 34.6 Å². The van der Waals surface area contributed by atoms with Crippen molar-refractivity contribution in [3.05, 3.63) is 33.9 Å². The predicted octanol–water partition coefficient (Wildman–Crippen LogP) is 2.12. The summed E-state index contributed by atoms with van der Waals surface area (Å²) in [6.45, 7) is 0. The number of hydrogen-bond donors (Lipinski definition) is 2. The summed E-state index contributed by atoms with van der Waals surface area (Å²) in [5.74, 6) is -1.68. The molecule has 1 saturated carbocycles. The smallest absolute Gasteiger partial charge is 0.329 e. The number of benzene rings is 1. The molecule has 0 radical (unpaired) electrons. The van der Waals surface area contributed by atoms with Gasteiger partial charge in [-0.05, 0) is 18.9 Å². The zero-order valence-corrected chi connectivity index (χ0v) is 12.7. The zero-order chi connectivity index (χ0) is 17.0. The van der Waals surface area contributed by atoms with Gasteiger partial charge >= 0.3 is 11.7 Å². The van der Waals surface area contributed by atoms with Gasteiger partial charge in [-0.15, -0.1) is 0 Å². The molecule has 0 heterocycles. The number of ether oxygens (including phenoxy) is 1. The van der Waals surface area contributed by atoms with Crippen molar-refractivity contribution in [1.82, 2.24) is 5.32 Å². The largest absolute Gasteiger partial charge is 0.490 e. The number of nitro groups is 1. The Kier molecular flexibility index (Phi) is 4.83. The third-order valence-electron chi connectivity index (χ3n) is 4.11. The molecule has 1 aromatic rings. The summed E-state index contributed by atoms with van der Waals surface area (Å²) in [6.07, 6.45) is 3.15. The third-order valence-corrected chi connectivity index (χ3v) is 4.11. The van der Waals surface area contributed by atoms with Crippen LogP contribution >= 0.6 is 0 Å². The first-order valence-corrected chi connectivity index (χ1v) is 7.28. The standard InChI is InChI=1S/C15H18N2O6/c1-23-12-9-10(5-6-11(12)17(21)22)13(18)16-15(14(19)20)7-3-2-4-8-15/h5-6,9H,2-4,7-8H2,1H3,(H,16,18)(H,19,20). The summed E-state index contributed by atoms with van der Waals surface area (Å²) in [4.78, 5) is 34.2. The second-order valence-electron chi connectivity index (χ2n) is 5.55. The van der Waals surface area contributed by atoms with Gasteiger partial charge in [0.15, 0.2) is 5.75 Å². The molecule has 2 rings (SSSR count). The minimum Gasteiger partial charge on any atom is -0.490 e. The van der Waals surface area contributed by atoms with Crippen molar-refractivity contribution in [2.45, 2.75) is 37.6 Å². The van der Waals surface area contributed by atoms with Crippen LogP contribution in [0.5, 0.6) is 5.75 Å². The summed E-state index contributed by atoms with van der Waals surface area (Å²) >= 11 is 0. The number of hydrogen-bond acceptors (Lipinski definition) is 5. The SMILES string of the molecule is COc1cc(C(=O)NC2(C(=O)O)CCCCC2)ccc1[N+](=O)[O-]. The first kappa shape index (κ1) is 16.7. The summed E-state index contributed by atoms with van der Waals surface area (Å²) in [5.41, 5.74) is -1.40. The lowest BCUT2D eigenvalue weighted by Gasteiger charge is -2.34. The first-order valence-electron chi connectivity index (χ1n) is 7.28. The van der Waals surface area contributed by atoms with Crippen LogP contribution in [0.1, 0.15) is 42.5 Å². The molecule has 0 bridgehead atoms. The molecule has 8 nitrogen and oxygen atoms in total. The number of carboxylic acid groups (broad SMARTS) is 1. The van der Waals surface area contributed by atoms with Gasteiger partial charge in [-0.1, -0.05) is 19.3 Å². The molecule has 0 aliphatic heterocycles. The Labute approximate surface area is 132 Å². The summed E-state index contributed by atoms with van der Waals surface area (Å²) < 4.78 is 4.92. The predicted molar refractivity (Wildman–Crippen MR) is 80.6 cm³/mol. The number of aliphatic carboxylic acids is 1. The van der Waals surface area contributed by atoms with Crippen LogP contribution in [0.4, 0.5) is 5.69 Å². The molecular weight excluding hydrogens is 304 g/mol. The van der Waals surface area contributed by atoms with Gasteiger partial charge in [0.1, 0.15) is 5.54 Å². The van der Waals surface area contributed by atoms with Crippen molar-refractivity contribution in [1.29, 1.82) is 0 Å². The molecule has 0 saturated heterocycles. The molecule has 124 valence electrons. The van der Waals surface area contributed by atoms with Crippen LogP contribution in [0.15, 0.2) is 18.2 Å². The van der Waals surface area contributed by atoms with Crippen LogP contribution in [0.2, 0.25) is 0 Å². The molecule has 1 aliphatic rings. The van der Waals surface area contributed by atoms with Crippen molar-refractivity contribution >= 4 is 17.6 Å². The van der Waals surface area contributed by atoms with E-state index in [-0.39, 0.29) is 17.0 Å². The minimum absolute atomic E-state index is 0.0457. The molecule has 0 atom stereocenters. The molecule has 2 N–H and O–H groups in total. The molecular formula is C15H18N2O6. The zero-order valence-electron chi connectivity index (χ0n) is 12.7. The van der Waals surface area contributed by atoms with Crippen molar-refractivity contribution in [3.63, 3.8) is 0 Å². The van der Waals surface area contributed by atoms with Crippen molar-refractivity contribution in [3.8, 4) is 5.75 Å². The Bertz CT molecular complexity index is 637. The van der Waals surface area contributed by atoms with E-state index < -0.39 is 22.3 Å². The van der Waals surface area contributed by atoms with Gasteiger partial charge in [0.05, 0.1) is 12.0 Å². The third kappa shape index (κ3) is 3.41. The molecule has 0 spiro atoms. The van der Waals surface area contributed by atoms with Crippen molar-refractivity contribution in [2.75, 3.05) is 7.11 Å². The van der Waals surface area contributed by atoms with E-state index in [2.05, 4.69) is 5.32 Å². The average molecular weight is 322 g/mol. The van der Waals surface area contributed by atoms with Gasteiger partial charge in [-0.25, -0.2) is 4.79 Å². The number of methoxy groups -OCH3 is 1. The maximum Gasteiger partial charge on any atom is 0.329 e. The van der Waals surface area contributed by atoms with E-state index >= 15 is 0 Å². The first-order chi connectivity index (χ1) is 10.9. The number of nitro benzene ring substituents is 1. The Hall–Kier alpha value is -2.64. The maximum atomic E-state index is 12.4. The van der Waals surface area contributed by atoms with E-state index in [1.165, 1.54) is 25.3 Å². The van der Waals surface area contributed by atoms with Crippen LogP contribution in [-0.2, 0) is 4.79 Å². The number of carbonyl (C=O) groups is 2. The van der Waals surface area contributed by atoms with Crippen LogP contribution < -0.4 is 10.1 Å². The van der Waals surface area contributed by atoms with Gasteiger partial charge < -0.3 is 15.2 Å². The van der Waals surface area contributed by atoms with Crippen LogP contribution in [0.3, 0.4) is 0 Å². The molecule has 23 heavy (non-hydrogen) atoms. The summed E-state index contributed by atoms with van der Waals surface area (Å²) in [5, 5.41) is 22.9. The Balaban J connectivity index is 2.26. The molecule has 1 amide bonds. The second kappa shape index (κ2) is 6.64. The number of nitrogens with zero attached hydrogens (tertiary/aromatic N) is 1. The van der Waals surface area contributed by atoms with E-state index in [1.807, 2.05) is 0 Å². The van der Waals surface area contributed by atoms with Gasteiger partial charge in [0.25, 0.3) is 5.91 Å². The maximum absolute atomic E-state index is 12.4. The van der Waals surface area contributed by atoms with Gasteiger partial charge in [0.2, 0.25) is 0 Å². The lowest BCUT2D eigenvalue weighted by Crippen LogP contribution is -2.55. The quantitative estimate of drug-likeness (QED) is 0.633. The molecule has 0 aromatic heterocycles. The van der Waals surface area contributed by atoms with Crippen molar-refractivity contribution < 1.29 is 24.4 Å². The minimum atomic E-state index is -1.27. The second-order valence-corrected chi connectivity index (χ2v) is 5.55. The molecule has 8 heteroatoms. The fourth-order valence-corrected chi connectivity index (χ4v) is 2.81. The summed E-state index contributed by atoms with van der Waals surface area (Å²) in [7, 11) is 1.27. The number of carboxylic acids is 1. The Morgan fingerprint density at radius 3 is 2.48 bits per heavy atom. The number of nitrogens with one attached hydrogen (secondary N) is 1. The van der Waals surface area contributed by atoms with Crippen LogP contribution in [0.25, 0.3) is 0 Å².